The van der Waals surface area contributed by atoms with Gasteiger partial charge in [-0.15, -0.1) is 0 Å². The normalized spacial score (nSPS) is 13.4. The molecule has 26 heavy (non-hydrogen) atoms. The van der Waals surface area contributed by atoms with E-state index in [4.69, 9.17) is 0 Å². The summed E-state index contributed by atoms with van der Waals surface area (Å²) in [5, 5.41) is 0. The van der Waals surface area contributed by atoms with Crippen molar-refractivity contribution < 1.29 is 0 Å². The molecule has 0 spiro atoms. The van der Waals surface area contributed by atoms with E-state index < -0.39 is 0 Å². The summed E-state index contributed by atoms with van der Waals surface area (Å²) in [6, 6.07) is 0. The molecule has 0 amide bonds. The minimum Gasteiger partial charge on any atom is -0.0885 e. The van der Waals surface area contributed by atoms with Crippen LogP contribution in [-0.2, 0) is 0 Å². The smallest absolute Gasteiger partial charge is 0.0169 e. The van der Waals surface area contributed by atoms with Crippen LogP contribution in [0.15, 0.2) is 72.9 Å². The third kappa shape index (κ3) is 22.4. The molecule has 0 unspecified atom stereocenters. The van der Waals surface area contributed by atoms with Gasteiger partial charge in [-0.1, -0.05) is 107 Å². The first-order valence-corrected chi connectivity index (χ1v) is 10.7. The second-order valence-corrected chi connectivity index (χ2v) is 7.09. The van der Waals surface area contributed by atoms with E-state index in [0.717, 1.165) is 44.4 Å². The van der Waals surface area contributed by atoms with Crippen molar-refractivity contribution >= 4 is 0 Å². The van der Waals surface area contributed by atoms with Gasteiger partial charge in [0.15, 0.2) is 0 Å². The highest BCUT2D eigenvalue weighted by atomic mass is 14.0. The zero-order valence-electron chi connectivity index (χ0n) is 17.6. The molecule has 0 nitrogen and oxygen atoms in total. The average molecular weight is 355 g/mol. The van der Waals surface area contributed by atoms with Crippen molar-refractivity contribution in [1.82, 2.24) is 0 Å². The van der Waals surface area contributed by atoms with Crippen LogP contribution in [0.25, 0.3) is 0 Å². The van der Waals surface area contributed by atoms with E-state index >= 15 is 0 Å². The van der Waals surface area contributed by atoms with Gasteiger partial charge < -0.3 is 0 Å². The highest BCUT2D eigenvalue weighted by Gasteiger charge is 1.91. The molecule has 0 bridgehead atoms. The van der Waals surface area contributed by atoms with Gasteiger partial charge in [-0.05, 0) is 57.3 Å². The molecule has 0 saturated carbocycles. The van der Waals surface area contributed by atoms with Crippen molar-refractivity contribution in [2.45, 2.75) is 85.0 Å². The number of allylic oxidation sites excluding steroid dienone is 12. The van der Waals surface area contributed by atoms with E-state index in [1.807, 2.05) is 0 Å². The van der Waals surface area contributed by atoms with Crippen molar-refractivity contribution in [3.05, 3.63) is 72.9 Å². The molecule has 0 fully saturated rings. The second-order valence-electron chi connectivity index (χ2n) is 7.09. The van der Waals surface area contributed by atoms with Crippen LogP contribution in [0.5, 0.6) is 0 Å². The second kappa shape index (κ2) is 21.5. The molecule has 0 atom stereocenters. The monoisotopic (exact) mass is 354 g/mol. The lowest BCUT2D eigenvalue weighted by Gasteiger charge is -2.01. The molecule has 0 aromatic carbocycles. The Bertz CT molecular complexity index is 441. The van der Waals surface area contributed by atoms with Crippen LogP contribution in [-0.4, -0.2) is 0 Å². The summed E-state index contributed by atoms with van der Waals surface area (Å²) in [6.07, 6.45) is 38.7. The first-order chi connectivity index (χ1) is 12.8. The molecule has 0 aliphatic heterocycles. The number of hydrogen-bond donors (Lipinski definition) is 0. The van der Waals surface area contributed by atoms with E-state index in [2.05, 4.69) is 93.7 Å². The molecule has 0 aromatic rings. The van der Waals surface area contributed by atoms with Crippen molar-refractivity contribution in [2.75, 3.05) is 0 Å². The fourth-order valence-electron chi connectivity index (χ4n) is 2.45. The predicted octanol–water partition coefficient (Wildman–Crippen LogP) is 8.90. The highest BCUT2D eigenvalue weighted by Crippen LogP contribution is 2.08. The largest absolute Gasteiger partial charge is 0.0885 e. The molecule has 0 aromatic heterocycles. The number of hydrogen-bond acceptors (Lipinski definition) is 0. The van der Waals surface area contributed by atoms with Gasteiger partial charge in [0.05, 0.1) is 0 Å². The van der Waals surface area contributed by atoms with E-state index in [0.29, 0.717) is 0 Å². The summed E-state index contributed by atoms with van der Waals surface area (Å²) < 4.78 is 0. The number of unbranched alkanes of at least 4 members (excludes halogenated alkanes) is 2. The van der Waals surface area contributed by atoms with Gasteiger partial charge in [0, 0.05) is 0 Å². The van der Waals surface area contributed by atoms with Gasteiger partial charge in [0.2, 0.25) is 0 Å². The molecule has 0 aliphatic rings. The van der Waals surface area contributed by atoms with Gasteiger partial charge in [-0.2, -0.15) is 0 Å². The van der Waals surface area contributed by atoms with E-state index in [9.17, 15) is 0 Å². The Morgan fingerprint density at radius 3 is 1.27 bits per heavy atom. The van der Waals surface area contributed by atoms with Gasteiger partial charge in [-0.25, -0.2) is 0 Å². The van der Waals surface area contributed by atoms with E-state index in [-0.39, 0.29) is 0 Å². The van der Waals surface area contributed by atoms with Crippen molar-refractivity contribution in [3.8, 4) is 0 Å². The van der Waals surface area contributed by atoms with Gasteiger partial charge >= 0.3 is 0 Å². The quantitative estimate of drug-likeness (QED) is 0.192. The lowest BCUT2D eigenvalue weighted by Crippen LogP contribution is -1.85. The van der Waals surface area contributed by atoms with E-state index in [1.54, 1.807) is 0 Å². The molecule has 0 rings (SSSR count). The van der Waals surface area contributed by atoms with Crippen LogP contribution in [0.2, 0.25) is 0 Å². The summed E-state index contributed by atoms with van der Waals surface area (Å²) in [5.41, 5.74) is 0. The van der Waals surface area contributed by atoms with Gasteiger partial charge in [-0.3, -0.25) is 0 Å². The minimum atomic E-state index is 0.847. The number of rotatable bonds is 16. The van der Waals surface area contributed by atoms with Gasteiger partial charge in [0.1, 0.15) is 0 Å². The van der Waals surface area contributed by atoms with Crippen LogP contribution in [0.3, 0.4) is 0 Å². The summed E-state index contributed by atoms with van der Waals surface area (Å²) in [7, 11) is 0. The zero-order valence-corrected chi connectivity index (χ0v) is 17.6. The lowest BCUT2D eigenvalue weighted by molar-refractivity contribution is 0.540. The first-order valence-electron chi connectivity index (χ1n) is 10.7. The molecule has 146 valence electrons. The Morgan fingerprint density at radius 2 is 0.885 bits per heavy atom. The standard InChI is InChI=1S/C26H42/c1-4-5-6-7-8-9-10-11-12-13-14-15-16-17-18-19-20-21-22-23-24-25-26(2)3/h5-6,8-9,11-12,14-15,17-18,20-21,26H,4,7,10,13,16,19,22-25H2,1-3H3/b6-5-,9-8-,12-11-,15-14-,18-17-,21-20-. The molecule has 0 heteroatoms. The fourth-order valence-corrected chi connectivity index (χ4v) is 2.45. The third-order valence-electron chi connectivity index (χ3n) is 4.00. The van der Waals surface area contributed by atoms with Crippen LogP contribution in [0.4, 0.5) is 0 Å². The van der Waals surface area contributed by atoms with Crippen LogP contribution < -0.4 is 0 Å². The van der Waals surface area contributed by atoms with Crippen molar-refractivity contribution in [3.63, 3.8) is 0 Å². The Hall–Kier alpha value is -1.56. The predicted molar refractivity (Wildman–Crippen MR) is 122 cm³/mol. The maximum Gasteiger partial charge on any atom is -0.0169 e. The maximum absolute atomic E-state index is 2.33. The van der Waals surface area contributed by atoms with Crippen LogP contribution >= 0.6 is 0 Å². The molecule has 0 saturated heterocycles. The summed E-state index contributed by atoms with van der Waals surface area (Å²) >= 11 is 0. The molecule has 0 radical (unpaired) electrons. The topological polar surface area (TPSA) is 0 Å². The SMILES string of the molecule is CC/C=C\C/C=C\C/C=C\C/C=C\C/C=C\C/C=C\CCCCC(C)C. The first kappa shape index (κ1) is 24.4. The zero-order chi connectivity index (χ0) is 19.1. The fraction of sp³-hybridized carbons (Fsp3) is 0.538. The lowest BCUT2D eigenvalue weighted by atomic mass is 10.1. The molecule has 0 aliphatic carbocycles. The van der Waals surface area contributed by atoms with Gasteiger partial charge in [0.25, 0.3) is 0 Å². The van der Waals surface area contributed by atoms with Crippen molar-refractivity contribution in [1.29, 1.82) is 0 Å². The van der Waals surface area contributed by atoms with Crippen LogP contribution in [0.1, 0.15) is 85.0 Å². The Labute approximate surface area is 164 Å². The van der Waals surface area contributed by atoms with Crippen LogP contribution in [0, 0.1) is 5.92 Å². The Balaban J connectivity index is 3.47. The Kier molecular flexibility index (Phi) is 20.2. The molecule has 0 heterocycles. The van der Waals surface area contributed by atoms with E-state index in [1.165, 1.54) is 25.7 Å². The molecular weight excluding hydrogens is 312 g/mol. The summed E-state index contributed by atoms with van der Waals surface area (Å²) in [5.74, 6) is 0.847. The maximum atomic E-state index is 2.33. The third-order valence-corrected chi connectivity index (χ3v) is 4.00. The molecular formula is C26H42. The summed E-state index contributed by atoms with van der Waals surface area (Å²) in [4.78, 5) is 0. The average Bonchev–Trinajstić information content (AvgIpc) is 2.62. The Morgan fingerprint density at radius 1 is 0.500 bits per heavy atom. The highest BCUT2D eigenvalue weighted by molar-refractivity contribution is 5.01. The molecule has 0 N–H and O–H groups in total. The summed E-state index contributed by atoms with van der Waals surface area (Å²) in [6.45, 7) is 6.77. The van der Waals surface area contributed by atoms with Crippen molar-refractivity contribution in [2.24, 2.45) is 5.92 Å². The minimum absolute atomic E-state index is 0.847.